The van der Waals surface area contributed by atoms with Crippen LogP contribution in [0.5, 0.6) is 0 Å². The number of carboxylic acids is 1. The topological polar surface area (TPSA) is 78.4 Å². The highest BCUT2D eigenvalue weighted by Crippen LogP contribution is 2.27. The van der Waals surface area contributed by atoms with Gasteiger partial charge in [-0.1, -0.05) is 0 Å². The first-order valence-electron chi connectivity index (χ1n) is 4.95. The van der Waals surface area contributed by atoms with Gasteiger partial charge < -0.3 is 10.4 Å². The lowest BCUT2D eigenvalue weighted by atomic mass is 9.82. The van der Waals surface area contributed by atoms with Crippen molar-refractivity contribution in [2.75, 3.05) is 6.54 Å². The zero-order valence-corrected chi connectivity index (χ0v) is 7.82. The number of hydrogen-bond donors (Lipinski definition) is 3. The van der Waals surface area contributed by atoms with E-state index in [9.17, 15) is 9.59 Å². The summed E-state index contributed by atoms with van der Waals surface area (Å²) in [5.41, 5.74) is 0. The molecule has 2 fully saturated rings. The van der Waals surface area contributed by atoms with Crippen LogP contribution in [0.1, 0.15) is 19.3 Å². The molecule has 0 aliphatic carbocycles. The molecule has 14 heavy (non-hydrogen) atoms. The van der Waals surface area contributed by atoms with Gasteiger partial charge in [-0.15, -0.1) is 0 Å². The molecule has 78 valence electrons. The van der Waals surface area contributed by atoms with Gasteiger partial charge in [-0.25, -0.2) is 0 Å². The third kappa shape index (κ3) is 1.59. The lowest BCUT2D eigenvalue weighted by Crippen LogP contribution is -2.59. The Hall–Kier alpha value is -1.10. The van der Waals surface area contributed by atoms with Gasteiger partial charge in [0.2, 0.25) is 5.91 Å². The van der Waals surface area contributed by atoms with E-state index in [1.54, 1.807) is 0 Å². The SMILES string of the molecule is O=C(O)C1CC2CCCNC2NC1=O. The average Bonchev–Trinajstić information content (AvgIpc) is 2.16. The normalized spacial score (nSPS) is 37.1. The van der Waals surface area contributed by atoms with Crippen LogP contribution in [0.3, 0.4) is 0 Å². The molecule has 2 saturated heterocycles. The summed E-state index contributed by atoms with van der Waals surface area (Å²) >= 11 is 0. The van der Waals surface area contributed by atoms with E-state index < -0.39 is 11.9 Å². The lowest BCUT2D eigenvalue weighted by molar-refractivity contribution is -0.150. The van der Waals surface area contributed by atoms with Crippen LogP contribution in [0, 0.1) is 11.8 Å². The number of carbonyl (C=O) groups is 2. The molecule has 3 atom stereocenters. The van der Waals surface area contributed by atoms with Gasteiger partial charge in [0.25, 0.3) is 0 Å². The minimum atomic E-state index is -1.01. The third-order valence-corrected chi connectivity index (χ3v) is 3.04. The van der Waals surface area contributed by atoms with Crippen molar-refractivity contribution < 1.29 is 14.7 Å². The highest BCUT2D eigenvalue weighted by molar-refractivity contribution is 5.97. The van der Waals surface area contributed by atoms with Gasteiger partial charge in [0.1, 0.15) is 5.92 Å². The molecule has 0 saturated carbocycles. The molecule has 2 aliphatic rings. The second-order valence-corrected chi connectivity index (χ2v) is 3.97. The Balaban J connectivity index is 2.07. The first-order chi connectivity index (χ1) is 6.68. The molecule has 3 unspecified atom stereocenters. The summed E-state index contributed by atoms with van der Waals surface area (Å²) in [6, 6.07) is 0. The Bertz CT molecular complexity index is 267. The van der Waals surface area contributed by atoms with Gasteiger partial charge in [-0.05, 0) is 31.7 Å². The molecular formula is C9H14N2O3. The second-order valence-electron chi connectivity index (χ2n) is 3.97. The van der Waals surface area contributed by atoms with Crippen LogP contribution in [0.2, 0.25) is 0 Å². The maximum absolute atomic E-state index is 11.4. The summed E-state index contributed by atoms with van der Waals surface area (Å²) in [6.07, 6.45) is 2.52. The van der Waals surface area contributed by atoms with Crippen LogP contribution in [-0.4, -0.2) is 29.7 Å². The van der Waals surface area contributed by atoms with Crippen molar-refractivity contribution in [2.24, 2.45) is 11.8 Å². The predicted octanol–water partition coefficient (Wildman–Crippen LogP) is -0.467. The molecule has 1 amide bonds. The van der Waals surface area contributed by atoms with E-state index in [0.717, 1.165) is 19.4 Å². The van der Waals surface area contributed by atoms with Gasteiger partial charge >= 0.3 is 5.97 Å². The molecule has 0 bridgehead atoms. The Morgan fingerprint density at radius 3 is 3.00 bits per heavy atom. The van der Waals surface area contributed by atoms with E-state index in [1.807, 2.05) is 0 Å². The van der Waals surface area contributed by atoms with E-state index in [2.05, 4.69) is 10.6 Å². The van der Waals surface area contributed by atoms with Gasteiger partial charge in [0.15, 0.2) is 0 Å². The molecule has 5 heteroatoms. The number of carboxylic acid groups (broad SMARTS) is 1. The summed E-state index contributed by atoms with van der Waals surface area (Å²) in [4.78, 5) is 22.1. The summed E-state index contributed by atoms with van der Waals surface area (Å²) in [7, 11) is 0. The number of carbonyl (C=O) groups excluding carboxylic acids is 1. The van der Waals surface area contributed by atoms with Crippen molar-refractivity contribution in [2.45, 2.75) is 25.4 Å². The molecular weight excluding hydrogens is 184 g/mol. The molecule has 0 aromatic heterocycles. The molecule has 2 aliphatic heterocycles. The highest BCUT2D eigenvalue weighted by Gasteiger charge is 2.40. The number of aliphatic carboxylic acids is 1. The van der Waals surface area contributed by atoms with E-state index in [1.165, 1.54) is 0 Å². The molecule has 0 aromatic carbocycles. The molecule has 0 aromatic rings. The quantitative estimate of drug-likeness (QED) is 0.498. The van der Waals surface area contributed by atoms with Crippen LogP contribution >= 0.6 is 0 Å². The molecule has 0 radical (unpaired) electrons. The lowest BCUT2D eigenvalue weighted by Gasteiger charge is -2.38. The largest absolute Gasteiger partial charge is 0.481 e. The first kappa shape index (κ1) is 9.45. The smallest absolute Gasteiger partial charge is 0.316 e. The Morgan fingerprint density at radius 2 is 2.29 bits per heavy atom. The Morgan fingerprint density at radius 1 is 1.50 bits per heavy atom. The van der Waals surface area contributed by atoms with Crippen LogP contribution < -0.4 is 10.6 Å². The first-order valence-corrected chi connectivity index (χ1v) is 4.95. The number of hydrogen-bond acceptors (Lipinski definition) is 3. The predicted molar refractivity (Wildman–Crippen MR) is 48.4 cm³/mol. The van der Waals surface area contributed by atoms with Crippen LogP contribution in [-0.2, 0) is 9.59 Å². The third-order valence-electron chi connectivity index (χ3n) is 3.04. The highest BCUT2D eigenvalue weighted by atomic mass is 16.4. The molecule has 2 rings (SSSR count). The fourth-order valence-corrected chi connectivity index (χ4v) is 2.25. The molecule has 2 heterocycles. The minimum absolute atomic E-state index is 0.00755. The van der Waals surface area contributed by atoms with Gasteiger partial charge in [-0.2, -0.15) is 0 Å². The van der Waals surface area contributed by atoms with Crippen molar-refractivity contribution in [1.82, 2.24) is 10.6 Å². The van der Waals surface area contributed by atoms with Gasteiger partial charge in [0.05, 0.1) is 6.17 Å². The number of piperidine rings is 2. The zero-order valence-electron chi connectivity index (χ0n) is 7.82. The standard InChI is InChI=1S/C9H14N2O3/c12-8-6(9(13)14)4-5-2-1-3-10-7(5)11-8/h5-7,10H,1-4H2,(H,11,12)(H,13,14). The molecule has 3 N–H and O–H groups in total. The summed E-state index contributed by atoms with van der Waals surface area (Å²) in [5.74, 6) is -1.93. The van der Waals surface area contributed by atoms with Crippen molar-refractivity contribution >= 4 is 11.9 Å². The number of fused-ring (bicyclic) bond motifs is 1. The fourth-order valence-electron chi connectivity index (χ4n) is 2.25. The van der Waals surface area contributed by atoms with E-state index in [4.69, 9.17) is 5.11 Å². The summed E-state index contributed by atoms with van der Waals surface area (Å²) in [6.45, 7) is 0.902. The minimum Gasteiger partial charge on any atom is -0.481 e. The monoisotopic (exact) mass is 198 g/mol. The second kappa shape index (κ2) is 3.57. The Labute approximate surface area is 81.9 Å². The van der Waals surface area contributed by atoms with Crippen LogP contribution in [0.15, 0.2) is 0 Å². The summed E-state index contributed by atoms with van der Waals surface area (Å²) in [5, 5.41) is 14.7. The maximum atomic E-state index is 11.4. The average molecular weight is 198 g/mol. The number of amides is 1. The molecule has 5 nitrogen and oxygen atoms in total. The van der Waals surface area contributed by atoms with Crippen molar-refractivity contribution in [3.63, 3.8) is 0 Å². The molecule has 0 spiro atoms. The van der Waals surface area contributed by atoms with Crippen molar-refractivity contribution in [1.29, 1.82) is 0 Å². The van der Waals surface area contributed by atoms with Gasteiger partial charge in [0, 0.05) is 0 Å². The fraction of sp³-hybridized carbons (Fsp3) is 0.778. The van der Waals surface area contributed by atoms with Crippen molar-refractivity contribution in [3.8, 4) is 0 Å². The van der Waals surface area contributed by atoms with Gasteiger partial charge in [-0.3, -0.25) is 14.9 Å². The van der Waals surface area contributed by atoms with E-state index in [0.29, 0.717) is 6.42 Å². The zero-order chi connectivity index (χ0) is 10.1. The van der Waals surface area contributed by atoms with Crippen LogP contribution in [0.25, 0.3) is 0 Å². The van der Waals surface area contributed by atoms with Crippen molar-refractivity contribution in [3.05, 3.63) is 0 Å². The van der Waals surface area contributed by atoms with Crippen LogP contribution in [0.4, 0.5) is 0 Å². The maximum Gasteiger partial charge on any atom is 0.316 e. The van der Waals surface area contributed by atoms with E-state index >= 15 is 0 Å². The summed E-state index contributed by atoms with van der Waals surface area (Å²) < 4.78 is 0. The van der Waals surface area contributed by atoms with E-state index in [-0.39, 0.29) is 18.0 Å². The Kier molecular flexibility index (Phi) is 2.41. The number of nitrogens with one attached hydrogen (secondary N) is 2. The number of rotatable bonds is 1.